The number of nitrogens with one attached hydrogen (secondary N) is 1. The zero-order chi connectivity index (χ0) is 14.6. The van der Waals surface area contributed by atoms with E-state index in [0.717, 1.165) is 0 Å². The molecule has 0 aliphatic rings. The molecule has 1 rings (SSSR count). The highest BCUT2D eigenvalue weighted by molar-refractivity contribution is 7.89. The average Bonchev–Trinajstić information content (AvgIpc) is 2.34. The minimum Gasteiger partial charge on any atom is -0.397 e. The van der Waals surface area contributed by atoms with Crippen molar-refractivity contribution in [2.24, 2.45) is 5.14 Å². The van der Waals surface area contributed by atoms with Gasteiger partial charge in [0.05, 0.1) is 16.3 Å². The Hall–Kier alpha value is -1.80. The van der Waals surface area contributed by atoms with Crippen molar-refractivity contribution >= 4 is 27.3 Å². The fourth-order valence-electron chi connectivity index (χ4n) is 1.55. The van der Waals surface area contributed by atoms with Crippen molar-refractivity contribution in [1.29, 1.82) is 0 Å². The highest BCUT2D eigenvalue weighted by Crippen LogP contribution is 2.25. The summed E-state index contributed by atoms with van der Waals surface area (Å²) in [5, 5.41) is 7.58. The van der Waals surface area contributed by atoms with Crippen LogP contribution in [0, 0.1) is 0 Å². The molecule has 0 heterocycles. The van der Waals surface area contributed by atoms with Crippen LogP contribution in [0.5, 0.6) is 0 Å². The molecule has 1 amide bonds. The van der Waals surface area contributed by atoms with E-state index >= 15 is 0 Å². The van der Waals surface area contributed by atoms with Gasteiger partial charge in [-0.15, -0.1) is 0 Å². The molecule has 0 aromatic heterocycles. The SMILES string of the molecule is CNC(=O)CCN(C)c1cc(S(N)(=O)=O)ccc1N. The van der Waals surface area contributed by atoms with Crippen molar-refractivity contribution in [3.05, 3.63) is 18.2 Å². The first kappa shape index (κ1) is 15.3. The van der Waals surface area contributed by atoms with Gasteiger partial charge in [0.25, 0.3) is 0 Å². The average molecular weight is 286 g/mol. The van der Waals surface area contributed by atoms with Crippen LogP contribution in [0.25, 0.3) is 0 Å². The number of primary sulfonamides is 1. The third kappa shape index (κ3) is 4.11. The lowest BCUT2D eigenvalue weighted by molar-refractivity contribution is -0.120. The monoisotopic (exact) mass is 286 g/mol. The highest BCUT2D eigenvalue weighted by Gasteiger charge is 2.13. The maximum atomic E-state index is 11.3. The van der Waals surface area contributed by atoms with E-state index in [4.69, 9.17) is 10.9 Å². The van der Waals surface area contributed by atoms with Crippen LogP contribution in [-0.4, -0.2) is 35.0 Å². The Morgan fingerprint density at radius 2 is 2.05 bits per heavy atom. The normalized spacial score (nSPS) is 11.1. The third-order valence-corrected chi connectivity index (χ3v) is 3.61. The molecule has 106 valence electrons. The first-order valence-electron chi connectivity index (χ1n) is 5.59. The fourth-order valence-corrected chi connectivity index (χ4v) is 2.08. The Morgan fingerprint density at radius 3 is 2.58 bits per heavy atom. The van der Waals surface area contributed by atoms with E-state index in [1.165, 1.54) is 18.2 Å². The predicted octanol–water partition coefficient (Wildman–Crippen LogP) is -0.511. The quantitative estimate of drug-likeness (QED) is 0.630. The molecule has 0 spiro atoms. The maximum absolute atomic E-state index is 11.3. The fraction of sp³-hybridized carbons (Fsp3) is 0.364. The largest absolute Gasteiger partial charge is 0.397 e. The maximum Gasteiger partial charge on any atom is 0.238 e. The van der Waals surface area contributed by atoms with E-state index in [9.17, 15) is 13.2 Å². The molecule has 1 aromatic carbocycles. The van der Waals surface area contributed by atoms with Gasteiger partial charge < -0.3 is 16.0 Å². The standard InChI is InChI=1S/C11H18N4O3S/c1-14-11(16)5-6-15(2)10-7-8(19(13,17)18)3-4-9(10)12/h3-4,7H,5-6,12H2,1-2H3,(H,14,16)(H2,13,17,18). The third-order valence-electron chi connectivity index (χ3n) is 2.69. The topological polar surface area (TPSA) is 119 Å². The van der Waals surface area contributed by atoms with Crippen LogP contribution in [0.4, 0.5) is 11.4 Å². The lowest BCUT2D eigenvalue weighted by Gasteiger charge is -2.21. The Labute approximate surface area is 112 Å². The number of hydrogen-bond acceptors (Lipinski definition) is 5. The molecule has 0 aliphatic heterocycles. The van der Waals surface area contributed by atoms with Crippen LogP contribution in [0.3, 0.4) is 0 Å². The molecule has 0 saturated carbocycles. The minimum absolute atomic E-state index is 0.0107. The number of anilines is 2. The summed E-state index contributed by atoms with van der Waals surface area (Å²) in [6, 6.07) is 4.22. The van der Waals surface area contributed by atoms with Crippen LogP contribution in [0.15, 0.2) is 23.1 Å². The molecule has 0 saturated heterocycles. The van der Waals surface area contributed by atoms with Crippen molar-refractivity contribution < 1.29 is 13.2 Å². The number of nitrogens with zero attached hydrogens (tertiary/aromatic N) is 1. The Bertz CT molecular complexity index is 571. The Morgan fingerprint density at radius 1 is 1.42 bits per heavy atom. The molecule has 0 aliphatic carbocycles. The predicted molar refractivity (Wildman–Crippen MR) is 74.2 cm³/mol. The molecule has 19 heavy (non-hydrogen) atoms. The molecule has 0 bridgehead atoms. The molecule has 0 atom stereocenters. The molecule has 7 nitrogen and oxygen atoms in total. The van der Waals surface area contributed by atoms with E-state index < -0.39 is 10.0 Å². The second-order valence-electron chi connectivity index (χ2n) is 4.11. The number of nitrogens with two attached hydrogens (primary N) is 2. The number of amides is 1. The number of benzene rings is 1. The van der Waals surface area contributed by atoms with Crippen LogP contribution >= 0.6 is 0 Å². The summed E-state index contributed by atoms with van der Waals surface area (Å²) in [6.45, 7) is 0.415. The smallest absolute Gasteiger partial charge is 0.238 e. The molecular weight excluding hydrogens is 268 g/mol. The van der Waals surface area contributed by atoms with Gasteiger partial charge in [-0.3, -0.25) is 4.79 Å². The van der Waals surface area contributed by atoms with E-state index in [2.05, 4.69) is 5.32 Å². The van der Waals surface area contributed by atoms with E-state index in [1.54, 1.807) is 19.0 Å². The number of nitrogen functional groups attached to an aromatic ring is 1. The van der Waals surface area contributed by atoms with Gasteiger partial charge in [-0.1, -0.05) is 0 Å². The van der Waals surface area contributed by atoms with Crippen LogP contribution < -0.4 is 21.1 Å². The Balaban J connectivity index is 2.96. The summed E-state index contributed by atoms with van der Waals surface area (Å²) in [6.07, 6.45) is 0.284. The summed E-state index contributed by atoms with van der Waals surface area (Å²) in [5.74, 6) is -0.104. The molecule has 0 fully saturated rings. The van der Waals surface area contributed by atoms with E-state index in [1.807, 2.05) is 0 Å². The molecule has 8 heteroatoms. The van der Waals surface area contributed by atoms with Crippen LogP contribution in [0.2, 0.25) is 0 Å². The van der Waals surface area contributed by atoms with Gasteiger partial charge in [0, 0.05) is 27.1 Å². The summed E-state index contributed by atoms with van der Waals surface area (Å²) >= 11 is 0. The van der Waals surface area contributed by atoms with Crippen molar-refractivity contribution in [2.75, 3.05) is 31.3 Å². The van der Waals surface area contributed by atoms with E-state index in [0.29, 0.717) is 17.9 Å². The molecular formula is C11H18N4O3S. The number of sulfonamides is 1. The molecule has 1 aromatic rings. The molecule has 5 N–H and O–H groups in total. The van der Waals surface area contributed by atoms with Gasteiger partial charge in [0.15, 0.2) is 0 Å². The van der Waals surface area contributed by atoms with Crippen molar-refractivity contribution in [3.8, 4) is 0 Å². The highest BCUT2D eigenvalue weighted by atomic mass is 32.2. The van der Waals surface area contributed by atoms with Crippen LogP contribution in [-0.2, 0) is 14.8 Å². The lowest BCUT2D eigenvalue weighted by Crippen LogP contribution is -2.27. The van der Waals surface area contributed by atoms with Gasteiger partial charge in [0.2, 0.25) is 15.9 Å². The van der Waals surface area contributed by atoms with Gasteiger partial charge in [-0.2, -0.15) is 0 Å². The second kappa shape index (κ2) is 5.89. The number of carbonyl (C=O) groups is 1. The van der Waals surface area contributed by atoms with E-state index in [-0.39, 0.29) is 17.2 Å². The number of carbonyl (C=O) groups excluding carboxylic acids is 1. The van der Waals surface area contributed by atoms with Gasteiger partial charge >= 0.3 is 0 Å². The lowest BCUT2D eigenvalue weighted by atomic mass is 10.2. The summed E-state index contributed by atoms with van der Waals surface area (Å²) in [5.41, 5.74) is 6.74. The first-order valence-corrected chi connectivity index (χ1v) is 7.14. The summed E-state index contributed by atoms with van der Waals surface area (Å²) in [4.78, 5) is 12.9. The summed E-state index contributed by atoms with van der Waals surface area (Å²) < 4.78 is 22.6. The minimum atomic E-state index is -3.77. The van der Waals surface area contributed by atoms with Crippen molar-refractivity contribution in [1.82, 2.24) is 5.32 Å². The van der Waals surface area contributed by atoms with Gasteiger partial charge in [-0.25, -0.2) is 13.6 Å². The Kier molecular flexibility index (Phi) is 4.73. The van der Waals surface area contributed by atoms with Crippen LogP contribution in [0.1, 0.15) is 6.42 Å². The summed E-state index contributed by atoms with van der Waals surface area (Å²) in [7, 11) is -0.495. The second-order valence-corrected chi connectivity index (χ2v) is 5.67. The number of rotatable bonds is 5. The molecule has 0 unspecified atom stereocenters. The van der Waals surface area contributed by atoms with Gasteiger partial charge in [0.1, 0.15) is 0 Å². The zero-order valence-electron chi connectivity index (χ0n) is 10.9. The van der Waals surface area contributed by atoms with Crippen molar-refractivity contribution in [2.45, 2.75) is 11.3 Å². The molecule has 0 radical (unpaired) electrons. The van der Waals surface area contributed by atoms with Gasteiger partial charge in [-0.05, 0) is 18.2 Å². The number of hydrogen-bond donors (Lipinski definition) is 3. The van der Waals surface area contributed by atoms with Crippen molar-refractivity contribution in [3.63, 3.8) is 0 Å². The first-order chi connectivity index (χ1) is 8.75. The zero-order valence-corrected chi connectivity index (χ0v) is 11.7.